The molecule has 2 heterocycles. The Labute approximate surface area is 149 Å². The molecule has 0 bridgehead atoms. The second-order valence-corrected chi connectivity index (χ2v) is 7.12. The minimum absolute atomic E-state index is 0.00272. The molecule has 0 radical (unpaired) electrons. The highest BCUT2D eigenvalue weighted by Gasteiger charge is 2.34. The zero-order valence-electron chi connectivity index (χ0n) is 13.9. The van der Waals surface area contributed by atoms with Crippen LogP contribution in [0, 0.1) is 5.82 Å². The normalized spacial score (nSPS) is 13.8. The molecule has 3 aromatic rings. The van der Waals surface area contributed by atoms with Gasteiger partial charge in [0.2, 0.25) is 0 Å². The first-order valence-electron chi connectivity index (χ1n) is 8.24. The Hall–Kier alpha value is -2.47. The van der Waals surface area contributed by atoms with Crippen molar-refractivity contribution in [1.82, 2.24) is 14.7 Å². The highest BCUT2D eigenvalue weighted by Crippen LogP contribution is 2.31. The van der Waals surface area contributed by atoms with Gasteiger partial charge in [0.15, 0.2) is 0 Å². The zero-order valence-corrected chi connectivity index (χ0v) is 14.7. The van der Waals surface area contributed by atoms with E-state index >= 15 is 0 Å². The number of hydrogen-bond donors (Lipinski definition) is 0. The van der Waals surface area contributed by atoms with E-state index in [-0.39, 0.29) is 11.7 Å². The van der Waals surface area contributed by atoms with Gasteiger partial charge in [-0.1, -0.05) is 0 Å². The van der Waals surface area contributed by atoms with Crippen LogP contribution in [-0.2, 0) is 13.6 Å². The van der Waals surface area contributed by atoms with Crippen molar-refractivity contribution < 1.29 is 9.18 Å². The number of amides is 1. The number of hydrogen-bond acceptors (Lipinski definition) is 3. The molecule has 0 spiro atoms. The average Bonchev–Trinajstić information content (AvgIpc) is 3.17. The van der Waals surface area contributed by atoms with E-state index in [2.05, 4.69) is 16.5 Å². The number of nitrogens with zero attached hydrogens (tertiary/aromatic N) is 3. The van der Waals surface area contributed by atoms with E-state index in [4.69, 9.17) is 0 Å². The van der Waals surface area contributed by atoms with E-state index in [0.29, 0.717) is 24.0 Å². The van der Waals surface area contributed by atoms with Crippen LogP contribution in [0.2, 0.25) is 0 Å². The smallest absolute Gasteiger partial charge is 0.272 e. The number of halogens is 1. The Kier molecular flexibility index (Phi) is 4.13. The first-order valence-corrected chi connectivity index (χ1v) is 9.18. The Balaban J connectivity index is 1.61. The summed E-state index contributed by atoms with van der Waals surface area (Å²) in [7, 11) is 1.77. The van der Waals surface area contributed by atoms with Gasteiger partial charge in [-0.2, -0.15) is 16.4 Å². The Morgan fingerprint density at radius 1 is 1.32 bits per heavy atom. The Morgan fingerprint density at radius 3 is 2.72 bits per heavy atom. The van der Waals surface area contributed by atoms with E-state index in [1.165, 1.54) is 12.1 Å². The number of aryl methyl sites for hydroxylation is 1. The fourth-order valence-electron chi connectivity index (χ4n) is 2.91. The van der Waals surface area contributed by atoms with Crippen molar-refractivity contribution in [3.63, 3.8) is 0 Å². The molecule has 0 N–H and O–H groups in total. The standard InChI is InChI=1S/C19H18FN3OS/c1-22-18(10-17(21-22)14-2-4-15(20)5-3-14)19(24)23(16-6-7-16)11-13-8-9-25-12-13/h2-5,8-10,12,16H,6-7,11H2,1H3. The third-order valence-corrected chi connectivity index (χ3v) is 5.15. The molecule has 4 rings (SSSR count). The molecule has 1 saturated carbocycles. The summed E-state index contributed by atoms with van der Waals surface area (Å²) < 4.78 is 14.7. The van der Waals surface area contributed by atoms with Crippen LogP contribution in [0.3, 0.4) is 0 Å². The zero-order chi connectivity index (χ0) is 17.4. The maximum Gasteiger partial charge on any atom is 0.272 e. The van der Waals surface area contributed by atoms with Crippen LogP contribution >= 0.6 is 11.3 Å². The lowest BCUT2D eigenvalue weighted by molar-refractivity contribution is 0.0719. The summed E-state index contributed by atoms with van der Waals surface area (Å²) in [5, 5.41) is 8.55. The number of thiophene rings is 1. The van der Waals surface area contributed by atoms with Crippen molar-refractivity contribution in [1.29, 1.82) is 0 Å². The molecule has 0 aliphatic heterocycles. The lowest BCUT2D eigenvalue weighted by atomic mass is 10.1. The minimum Gasteiger partial charge on any atom is -0.330 e. The summed E-state index contributed by atoms with van der Waals surface area (Å²) in [5.41, 5.74) is 3.19. The van der Waals surface area contributed by atoms with Gasteiger partial charge in [0.05, 0.1) is 5.69 Å². The van der Waals surface area contributed by atoms with Crippen LogP contribution < -0.4 is 0 Å². The maximum atomic E-state index is 13.1. The van der Waals surface area contributed by atoms with Crippen LogP contribution in [0.5, 0.6) is 0 Å². The monoisotopic (exact) mass is 355 g/mol. The predicted octanol–water partition coefficient (Wildman–Crippen LogP) is 4.09. The van der Waals surface area contributed by atoms with Crippen molar-refractivity contribution in [2.75, 3.05) is 0 Å². The highest BCUT2D eigenvalue weighted by atomic mass is 32.1. The number of carbonyl (C=O) groups is 1. The van der Waals surface area contributed by atoms with Gasteiger partial charge in [-0.3, -0.25) is 9.48 Å². The Morgan fingerprint density at radius 2 is 2.08 bits per heavy atom. The number of rotatable bonds is 5. The number of benzene rings is 1. The highest BCUT2D eigenvalue weighted by molar-refractivity contribution is 7.07. The predicted molar refractivity (Wildman–Crippen MR) is 95.8 cm³/mol. The van der Waals surface area contributed by atoms with Gasteiger partial charge in [-0.05, 0) is 65.6 Å². The van der Waals surface area contributed by atoms with E-state index < -0.39 is 0 Å². The van der Waals surface area contributed by atoms with Crippen molar-refractivity contribution >= 4 is 17.2 Å². The third kappa shape index (κ3) is 3.35. The summed E-state index contributed by atoms with van der Waals surface area (Å²) >= 11 is 1.64. The summed E-state index contributed by atoms with van der Waals surface area (Å²) in [5.74, 6) is -0.288. The fourth-order valence-corrected chi connectivity index (χ4v) is 3.57. The quantitative estimate of drug-likeness (QED) is 0.691. The maximum absolute atomic E-state index is 13.1. The van der Waals surface area contributed by atoms with E-state index in [1.807, 2.05) is 10.3 Å². The summed E-state index contributed by atoms with van der Waals surface area (Å²) in [6.07, 6.45) is 2.11. The largest absolute Gasteiger partial charge is 0.330 e. The SMILES string of the molecule is Cn1nc(-c2ccc(F)cc2)cc1C(=O)N(Cc1ccsc1)C1CC1. The van der Waals surface area contributed by atoms with Crippen molar-refractivity contribution in [2.24, 2.45) is 7.05 Å². The number of carbonyl (C=O) groups excluding carboxylic acids is 1. The summed E-state index contributed by atoms with van der Waals surface area (Å²) in [6, 6.07) is 10.3. The lowest BCUT2D eigenvalue weighted by Gasteiger charge is -2.21. The van der Waals surface area contributed by atoms with Gasteiger partial charge in [0.25, 0.3) is 5.91 Å². The van der Waals surface area contributed by atoms with Crippen LogP contribution in [0.4, 0.5) is 4.39 Å². The molecule has 6 heteroatoms. The van der Waals surface area contributed by atoms with Crippen LogP contribution in [-0.4, -0.2) is 26.6 Å². The summed E-state index contributed by atoms with van der Waals surface area (Å²) in [4.78, 5) is 15.0. The van der Waals surface area contributed by atoms with Gasteiger partial charge >= 0.3 is 0 Å². The lowest BCUT2D eigenvalue weighted by Crippen LogP contribution is -2.33. The second-order valence-electron chi connectivity index (χ2n) is 6.34. The third-order valence-electron chi connectivity index (χ3n) is 4.42. The molecular weight excluding hydrogens is 337 g/mol. The average molecular weight is 355 g/mol. The van der Waals surface area contributed by atoms with Gasteiger partial charge in [0, 0.05) is 25.2 Å². The molecule has 1 fully saturated rings. The number of aromatic nitrogens is 2. The van der Waals surface area contributed by atoms with Gasteiger partial charge in [-0.15, -0.1) is 0 Å². The molecule has 0 saturated heterocycles. The van der Waals surface area contributed by atoms with Crippen LogP contribution in [0.25, 0.3) is 11.3 Å². The van der Waals surface area contributed by atoms with Crippen molar-refractivity contribution in [3.8, 4) is 11.3 Å². The van der Waals surface area contributed by atoms with E-state index in [1.54, 1.807) is 41.3 Å². The van der Waals surface area contributed by atoms with Gasteiger partial charge in [-0.25, -0.2) is 4.39 Å². The van der Waals surface area contributed by atoms with Crippen LogP contribution in [0.1, 0.15) is 28.9 Å². The van der Waals surface area contributed by atoms with Crippen molar-refractivity contribution in [3.05, 3.63) is 64.2 Å². The van der Waals surface area contributed by atoms with E-state index in [0.717, 1.165) is 24.0 Å². The van der Waals surface area contributed by atoms with Gasteiger partial charge < -0.3 is 4.90 Å². The first kappa shape index (κ1) is 16.0. The Bertz CT molecular complexity index is 882. The first-order chi connectivity index (χ1) is 12.1. The van der Waals surface area contributed by atoms with Crippen molar-refractivity contribution in [2.45, 2.75) is 25.4 Å². The second kappa shape index (κ2) is 6.44. The molecule has 0 atom stereocenters. The molecule has 1 aliphatic carbocycles. The molecule has 2 aromatic heterocycles. The molecule has 128 valence electrons. The molecular formula is C19H18FN3OS. The van der Waals surface area contributed by atoms with Gasteiger partial charge in [0.1, 0.15) is 11.5 Å². The molecule has 1 aliphatic rings. The molecule has 1 amide bonds. The van der Waals surface area contributed by atoms with Crippen LogP contribution in [0.15, 0.2) is 47.2 Å². The minimum atomic E-state index is -0.286. The van der Waals surface area contributed by atoms with E-state index in [9.17, 15) is 9.18 Å². The summed E-state index contributed by atoms with van der Waals surface area (Å²) in [6.45, 7) is 0.629. The molecule has 1 aromatic carbocycles. The fraction of sp³-hybridized carbons (Fsp3) is 0.263. The molecule has 0 unspecified atom stereocenters. The molecule has 4 nitrogen and oxygen atoms in total. The molecule has 25 heavy (non-hydrogen) atoms. The topological polar surface area (TPSA) is 38.1 Å².